The number of nitrogens with two attached hydrogens (primary N) is 1. The molecule has 1 rings (SSSR count). The van der Waals surface area contributed by atoms with Gasteiger partial charge in [0, 0.05) is 24.8 Å². The third kappa shape index (κ3) is 6.05. The predicted molar refractivity (Wildman–Crippen MR) is 77.2 cm³/mol. The number of benzene rings is 1. The summed E-state index contributed by atoms with van der Waals surface area (Å²) >= 11 is 5.82. The number of ether oxygens (including phenoxy) is 1. The van der Waals surface area contributed by atoms with Crippen molar-refractivity contribution in [3.8, 4) is 0 Å². The maximum absolute atomic E-state index is 11.8. The molecule has 5 heteroatoms. The Hall–Kier alpha value is -1.10. The second kappa shape index (κ2) is 8.15. The van der Waals surface area contributed by atoms with Crippen LogP contribution >= 0.6 is 11.6 Å². The van der Waals surface area contributed by atoms with E-state index in [0.717, 1.165) is 12.0 Å². The number of halogens is 1. The molecule has 0 fully saturated rings. The molecule has 0 spiro atoms. The first-order valence-electron chi connectivity index (χ1n) is 6.32. The molecule has 0 heterocycles. The van der Waals surface area contributed by atoms with Gasteiger partial charge in [0.15, 0.2) is 0 Å². The highest BCUT2D eigenvalue weighted by Gasteiger charge is 2.15. The molecule has 0 aliphatic rings. The number of carbonyl (C=O) groups is 1. The molecule has 0 aliphatic heterocycles. The Labute approximate surface area is 119 Å². The van der Waals surface area contributed by atoms with E-state index in [1.165, 1.54) is 0 Å². The molecule has 1 amide bonds. The molecule has 1 aromatic carbocycles. The number of amides is 1. The van der Waals surface area contributed by atoms with Crippen molar-refractivity contribution in [2.45, 2.75) is 31.8 Å². The molecule has 4 nitrogen and oxygen atoms in total. The predicted octanol–water partition coefficient (Wildman–Crippen LogP) is 1.75. The van der Waals surface area contributed by atoms with Crippen LogP contribution in [0.1, 0.15) is 18.9 Å². The first-order valence-corrected chi connectivity index (χ1v) is 6.70. The van der Waals surface area contributed by atoms with Crippen molar-refractivity contribution < 1.29 is 9.53 Å². The quantitative estimate of drug-likeness (QED) is 0.802. The van der Waals surface area contributed by atoms with Crippen molar-refractivity contribution in [2.24, 2.45) is 5.73 Å². The fourth-order valence-corrected chi connectivity index (χ4v) is 1.88. The van der Waals surface area contributed by atoms with Crippen molar-refractivity contribution >= 4 is 17.5 Å². The molecule has 1 aromatic rings. The van der Waals surface area contributed by atoms with Gasteiger partial charge >= 0.3 is 0 Å². The van der Waals surface area contributed by atoms with Gasteiger partial charge < -0.3 is 15.8 Å². The summed E-state index contributed by atoms with van der Waals surface area (Å²) in [6.07, 6.45) is 1.27. The Morgan fingerprint density at radius 3 is 2.63 bits per heavy atom. The van der Waals surface area contributed by atoms with E-state index in [4.69, 9.17) is 22.1 Å². The molecule has 0 bridgehead atoms. The average Bonchev–Trinajstić information content (AvgIpc) is 2.38. The molecule has 0 saturated heterocycles. The molecule has 106 valence electrons. The zero-order chi connectivity index (χ0) is 14.3. The number of methoxy groups -OCH3 is 1. The Balaban J connectivity index is 2.39. The van der Waals surface area contributed by atoms with Crippen molar-refractivity contribution in [1.82, 2.24) is 5.32 Å². The smallest absolute Gasteiger partial charge is 0.237 e. The van der Waals surface area contributed by atoms with Crippen molar-refractivity contribution in [1.29, 1.82) is 0 Å². The molecular weight excluding hydrogens is 264 g/mol. The zero-order valence-corrected chi connectivity index (χ0v) is 12.1. The largest absolute Gasteiger partial charge is 0.385 e. The third-order valence-corrected chi connectivity index (χ3v) is 3.07. The van der Waals surface area contributed by atoms with Crippen LogP contribution in [-0.4, -0.2) is 31.7 Å². The van der Waals surface area contributed by atoms with E-state index in [1.54, 1.807) is 7.11 Å². The van der Waals surface area contributed by atoms with Crippen LogP contribution < -0.4 is 11.1 Å². The van der Waals surface area contributed by atoms with Crippen LogP contribution in [0.2, 0.25) is 5.02 Å². The lowest BCUT2D eigenvalue weighted by Gasteiger charge is -2.17. The van der Waals surface area contributed by atoms with Gasteiger partial charge in [-0.3, -0.25) is 4.79 Å². The molecule has 19 heavy (non-hydrogen) atoms. The normalized spacial score (nSPS) is 13.9. The molecule has 2 unspecified atom stereocenters. The van der Waals surface area contributed by atoms with E-state index >= 15 is 0 Å². The van der Waals surface area contributed by atoms with Crippen molar-refractivity contribution in [3.05, 3.63) is 34.9 Å². The third-order valence-electron chi connectivity index (χ3n) is 2.81. The Bertz CT molecular complexity index is 395. The summed E-state index contributed by atoms with van der Waals surface area (Å²) in [6, 6.07) is 7.10. The van der Waals surface area contributed by atoms with Crippen LogP contribution in [-0.2, 0) is 16.0 Å². The molecule has 2 atom stereocenters. The van der Waals surface area contributed by atoms with Crippen molar-refractivity contribution in [2.75, 3.05) is 13.7 Å². The van der Waals surface area contributed by atoms with Crippen molar-refractivity contribution in [3.63, 3.8) is 0 Å². The van der Waals surface area contributed by atoms with E-state index in [-0.39, 0.29) is 11.9 Å². The number of carbonyl (C=O) groups excluding carboxylic acids is 1. The van der Waals surface area contributed by atoms with Crippen LogP contribution in [0, 0.1) is 0 Å². The van der Waals surface area contributed by atoms with E-state index in [0.29, 0.717) is 18.1 Å². The minimum atomic E-state index is -0.521. The Kier molecular flexibility index (Phi) is 6.84. The zero-order valence-electron chi connectivity index (χ0n) is 11.4. The van der Waals surface area contributed by atoms with Crippen LogP contribution in [0.3, 0.4) is 0 Å². The van der Waals surface area contributed by atoms with Gasteiger partial charge in [-0.1, -0.05) is 23.7 Å². The lowest BCUT2D eigenvalue weighted by atomic mass is 10.1. The van der Waals surface area contributed by atoms with E-state index in [9.17, 15) is 4.79 Å². The van der Waals surface area contributed by atoms with E-state index in [2.05, 4.69) is 5.32 Å². The van der Waals surface area contributed by atoms with Crippen LogP contribution in [0.15, 0.2) is 24.3 Å². The second-order valence-corrected chi connectivity index (χ2v) is 5.06. The Morgan fingerprint density at radius 2 is 2.05 bits per heavy atom. The van der Waals surface area contributed by atoms with Gasteiger partial charge in [-0.15, -0.1) is 0 Å². The van der Waals surface area contributed by atoms with Crippen LogP contribution in [0.5, 0.6) is 0 Å². The highest BCUT2D eigenvalue weighted by molar-refractivity contribution is 6.30. The van der Waals surface area contributed by atoms with Gasteiger partial charge in [0.05, 0.1) is 6.04 Å². The highest BCUT2D eigenvalue weighted by Crippen LogP contribution is 2.11. The summed E-state index contributed by atoms with van der Waals surface area (Å²) in [5, 5.41) is 3.61. The molecule has 0 aliphatic carbocycles. The topological polar surface area (TPSA) is 64.3 Å². The number of hydrogen-bond acceptors (Lipinski definition) is 3. The monoisotopic (exact) mass is 284 g/mol. The number of nitrogens with one attached hydrogen (secondary N) is 1. The molecule has 0 aromatic heterocycles. The maximum atomic E-state index is 11.8. The van der Waals surface area contributed by atoms with Gasteiger partial charge in [-0.25, -0.2) is 0 Å². The van der Waals surface area contributed by atoms with E-state index in [1.807, 2.05) is 31.2 Å². The fraction of sp³-hybridized carbons (Fsp3) is 0.500. The first-order chi connectivity index (χ1) is 9.02. The summed E-state index contributed by atoms with van der Waals surface area (Å²) in [6.45, 7) is 2.44. The number of rotatable bonds is 7. The van der Waals surface area contributed by atoms with Gasteiger partial charge in [-0.05, 0) is 37.5 Å². The molecular formula is C14H21ClN2O2. The van der Waals surface area contributed by atoms with Gasteiger partial charge in [0.25, 0.3) is 0 Å². The lowest BCUT2D eigenvalue weighted by Crippen LogP contribution is -2.45. The Morgan fingerprint density at radius 1 is 1.42 bits per heavy atom. The SMILES string of the molecule is COCCC(N)C(=O)NC(C)Cc1ccc(Cl)cc1. The van der Waals surface area contributed by atoms with Gasteiger partial charge in [0.2, 0.25) is 5.91 Å². The highest BCUT2D eigenvalue weighted by atomic mass is 35.5. The summed E-state index contributed by atoms with van der Waals surface area (Å²) < 4.78 is 4.90. The molecule has 3 N–H and O–H groups in total. The summed E-state index contributed by atoms with van der Waals surface area (Å²) in [5.41, 5.74) is 6.88. The van der Waals surface area contributed by atoms with Crippen LogP contribution in [0.4, 0.5) is 0 Å². The van der Waals surface area contributed by atoms with Gasteiger partial charge in [-0.2, -0.15) is 0 Å². The number of hydrogen-bond donors (Lipinski definition) is 2. The van der Waals surface area contributed by atoms with Gasteiger partial charge in [0.1, 0.15) is 0 Å². The molecule has 0 radical (unpaired) electrons. The minimum Gasteiger partial charge on any atom is -0.385 e. The molecule has 0 saturated carbocycles. The average molecular weight is 285 g/mol. The lowest BCUT2D eigenvalue weighted by molar-refractivity contribution is -0.123. The van der Waals surface area contributed by atoms with Crippen LogP contribution in [0.25, 0.3) is 0 Å². The standard InChI is InChI=1S/C14H21ClN2O2/c1-10(9-11-3-5-12(15)6-4-11)17-14(18)13(16)7-8-19-2/h3-6,10,13H,7-9,16H2,1-2H3,(H,17,18). The second-order valence-electron chi connectivity index (χ2n) is 4.63. The summed E-state index contributed by atoms with van der Waals surface area (Å²) in [4.78, 5) is 11.8. The maximum Gasteiger partial charge on any atom is 0.237 e. The first kappa shape index (κ1) is 16.0. The van der Waals surface area contributed by atoms with E-state index < -0.39 is 6.04 Å². The summed E-state index contributed by atoms with van der Waals surface area (Å²) in [7, 11) is 1.59. The minimum absolute atomic E-state index is 0.0299. The fourth-order valence-electron chi connectivity index (χ4n) is 1.75. The summed E-state index contributed by atoms with van der Waals surface area (Å²) in [5.74, 6) is -0.140.